The highest BCUT2D eigenvalue weighted by Gasteiger charge is 2.14. The number of carbonyl (C=O) groups is 2. The number of nitrogens with one attached hydrogen (secondary N) is 3. The molecule has 2 amide bonds. The van der Waals surface area contributed by atoms with Crippen LogP contribution in [0.5, 0.6) is 0 Å². The quantitative estimate of drug-likeness (QED) is 0.491. The first-order chi connectivity index (χ1) is 12.5. The standard InChI is InChI=1S/C18H13FN4O3/c19-12-8-5-11(6-9-12)7-10-15(24)20-23-18(26)16-13-3-1-2-4-14(13)17(25)22-21-16/h1-10H,(H,20,24)(H,22,25)(H,23,26)/b10-7+. The molecule has 0 unspecified atom stereocenters. The molecule has 1 heterocycles. The molecule has 0 atom stereocenters. The van der Waals surface area contributed by atoms with E-state index in [0.717, 1.165) is 0 Å². The summed E-state index contributed by atoms with van der Waals surface area (Å²) in [5.74, 6) is -1.64. The molecule has 0 spiro atoms. The van der Waals surface area contributed by atoms with E-state index >= 15 is 0 Å². The van der Waals surface area contributed by atoms with Crippen LogP contribution in [0.25, 0.3) is 16.8 Å². The lowest BCUT2D eigenvalue weighted by Gasteiger charge is -2.06. The molecule has 3 aromatic rings. The lowest BCUT2D eigenvalue weighted by Crippen LogP contribution is -2.41. The van der Waals surface area contributed by atoms with Gasteiger partial charge in [-0.25, -0.2) is 9.49 Å². The van der Waals surface area contributed by atoms with Gasteiger partial charge in [-0.15, -0.1) is 0 Å². The molecular formula is C18H13FN4O3. The molecule has 3 N–H and O–H groups in total. The van der Waals surface area contributed by atoms with Gasteiger partial charge in [0.15, 0.2) is 5.69 Å². The van der Waals surface area contributed by atoms with Crippen molar-refractivity contribution in [3.63, 3.8) is 0 Å². The molecule has 0 aliphatic heterocycles. The molecule has 0 fully saturated rings. The molecule has 7 nitrogen and oxygen atoms in total. The van der Waals surface area contributed by atoms with E-state index in [0.29, 0.717) is 16.3 Å². The molecule has 0 bridgehead atoms. The Morgan fingerprint density at radius 3 is 2.42 bits per heavy atom. The van der Waals surface area contributed by atoms with E-state index in [-0.39, 0.29) is 11.5 Å². The van der Waals surface area contributed by atoms with Gasteiger partial charge in [0, 0.05) is 11.5 Å². The van der Waals surface area contributed by atoms with E-state index in [1.54, 1.807) is 24.3 Å². The first-order valence-electron chi connectivity index (χ1n) is 7.56. The van der Waals surface area contributed by atoms with Crippen molar-refractivity contribution in [3.8, 4) is 0 Å². The van der Waals surface area contributed by atoms with Crippen molar-refractivity contribution in [1.82, 2.24) is 21.0 Å². The largest absolute Gasteiger partial charge is 0.290 e. The van der Waals surface area contributed by atoms with Crippen LogP contribution in [-0.2, 0) is 4.79 Å². The maximum Gasteiger partial charge on any atom is 0.290 e. The lowest BCUT2D eigenvalue weighted by molar-refractivity contribution is -0.117. The van der Waals surface area contributed by atoms with Crippen molar-refractivity contribution in [2.24, 2.45) is 0 Å². The highest BCUT2D eigenvalue weighted by atomic mass is 19.1. The van der Waals surface area contributed by atoms with Gasteiger partial charge in [0.2, 0.25) is 0 Å². The number of H-pyrrole nitrogens is 1. The fourth-order valence-electron chi connectivity index (χ4n) is 2.25. The summed E-state index contributed by atoms with van der Waals surface area (Å²) in [4.78, 5) is 35.7. The predicted octanol–water partition coefficient (Wildman–Crippen LogP) is 1.54. The topological polar surface area (TPSA) is 104 Å². The Hall–Kier alpha value is -3.81. The van der Waals surface area contributed by atoms with E-state index in [9.17, 15) is 18.8 Å². The molecule has 1 aromatic heterocycles. The number of carbonyl (C=O) groups excluding carboxylic acids is 2. The van der Waals surface area contributed by atoms with Gasteiger partial charge in [-0.3, -0.25) is 25.2 Å². The van der Waals surface area contributed by atoms with Crippen LogP contribution in [0.1, 0.15) is 16.1 Å². The van der Waals surface area contributed by atoms with Crippen LogP contribution < -0.4 is 16.4 Å². The Labute approximate surface area is 146 Å². The Bertz CT molecular complexity index is 1060. The number of fused-ring (bicyclic) bond motifs is 1. The van der Waals surface area contributed by atoms with Crippen LogP contribution in [0, 0.1) is 5.82 Å². The third-order valence-electron chi connectivity index (χ3n) is 3.51. The first-order valence-corrected chi connectivity index (χ1v) is 7.56. The molecule has 0 radical (unpaired) electrons. The van der Waals surface area contributed by atoms with Crippen molar-refractivity contribution in [1.29, 1.82) is 0 Å². The molecule has 26 heavy (non-hydrogen) atoms. The van der Waals surface area contributed by atoms with Crippen LogP contribution in [-0.4, -0.2) is 22.0 Å². The molecule has 0 aliphatic carbocycles. The molecule has 0 aliphatic rings. The molecule has 0 saturated heterocycles. The van der Waals surface area contributed by atoms with Crippen molar-refractivity contribution in [2.45, 2.75) is 0 Å². The zero-order valence-corrected chi connectivity index (χ0v) is 13.3. The minimum absolute atomic E-state index is 0.0250. The second-order valence-corrected chi connectivity index (χ2v) is 5.28. The Balaban J connectivity index is 1.67. The zero-order chi connectivity index (χ0) is 18.5. The number of halogens is 1. The van der Waals surface area contributed by atoms with Crippen molar-refractivity contribution in [3.05, 3.63) is 82.0 Å². The molecule has 8 heteroatoms. The number of aromatic nitrogens is 2. The second kappa shape index (κ2) is 7.39. The van der Waals surface area contributed by atoms with Crippen molar-refractivity contribution in [2.75, 3.05) is 0 Å². The van der Waals surface area contributed by atoms with Crippen molar-refractivity contribution >= 4 is 28.7 Å². The summed E-state index contributed by atoms with van der Waals surface area (Å²) in [6, 6.07) is 12.0. The van der Waals surface area contributed by atoms with Crippen LogP contribution in [0.15, 0.2) is 59.4 Å². The second-order valence-electron chi connectivity index (χ2n) is 5.28. The van der Waals surface area contributed by atoms with Crippen LogP contribution >= 0.6 is 0 Å². The number of hydrogen-bond acceptors (Lipinski definition) is 4. The van der Waals surface area contributed by atoms with Gasteiger partial charge in [-0.1, -0.05) is 30.3 Å². The third-order valence-corrected chi connectivity index (χ3v) is 3.51. The molecule has 0 saturated carbocycles. The lowest BCUT2D eigenvalue weighted by atomic mass is 10.1. The number of hydrazine groups is 1. The van der Waals surface area contributed by atoms with E-state index in [2.05, 4.69) is 21.0 Å². The molecule has 130 valence electrons. The summed E-state index contributed by atoms with van der Waals surface area (Å²) in [7, 11) is 0. The summed E-state index contributed by atoms with van der Waals surface area (Å²) in [6.45, 7) is 0. The van der Waals surface area contributed by atoms with E-state index in [1.807, 2.05) is 0 Å². The highest BCUT2D eigenvalue weighted by Crippen LogP contribution is 2.11. The summed E-state index contributed by atoms with van der Waals surface area (Å²) >= 11 is 0. The smallest absolute Gasteiger partial charge is 0.268 e. The van der Waals surface area contributed by atoms with Gasteiger partial charge >= 0.3 is 0 Å². The summed E-state index contributed by atoms with van der Waals surface area (Å²) < 4.78 is 12.8. The fourth-order valence-corrected chi connectivity index (χ4v) is 2.25. The Kier molecular flexibility index (Phi) is 4.84. The van der Waals surface area contributed by atoms with E-state index in [1.165, 1.54) is 36.4 Å². The average molecular weight is 352 g/mol. The van der Waals surface area contributed by atoms with Crippen LogP contribution in [0.2, 0.25) is 0 Å². The summed E-state index contributed by atoms with van der Waals surface area (Å²) in [6.07, 6.45) is 2.65. The van der Waals surface area contributed by atoms with Crippen LogP contribution in [0.4, 0.5) is 4.39 Å². The minimum Gasteiger partial charge on any atom is -0.268 e. The minimum atomic E-state index is -0.680. The van der Waals surface area contributed by atoms with Crippen molar-refractivity contribution < 1.29 is 14.0 Å². The highest BCUT2D eigenvalue weighted by molar-refractivity contribution is 6.05. The number of aromatic amines is 1. The van der Waals surface area contributed by atoms with Crippen LogP contribution in [0.3, 0.4) is 0 Å². The van der Waals surface area contributed by atoms with Gasteiger partial charge in [-0.2, -0.15) is 5.10 Å². The monoisotopic (exact) mass is 352 g/mol. The Morgan fingerprint density at radius 1 is 1.00 bits per heavy atom. The number of rotatable bonds is 3. The molecular weight excluding hydrogens is 339 g/mol. The van der Waals surface area contributed by atoms with Gasteiger partial charge in [0.05, 0.1) is 5.39 Å². The maximum absolute atomic E-state index is 12.8. The summed E-state index contributed by atoms with van der Waals surface area (Å²) in [5, 5.41) is 6.65. The van der Waals surface area contributed by atoms with Gasteiger partial charge in [0.25, 0.3) is 17.4 Å². The predicted molar refractivity (Wildman–Crippen MR) is 93.4 cm³/mol. The van der Waals surface area contributed by atoms with Gasteiger partial charge < -0.3 is 0 Å². The number of nitrogens with zero attached hydrogens (tertiary/aromatic N) is 1. The normalized spacial score (nSPS) is 10.8. The van der Waals surface area contributed by atoms with E-state index in [4.69, 9.17) is 0 Å². The molecule has 3 rings (SSSR count). The Morgan fingerprint density at radius 2 is 1.69 bits per heavy atom. The van der Waals surface area contributed by atoms with E-state index < -0.39 is 17.4 Å². The fraction of sp³-hybridized carbons (Fsp3) is 0. The van der Waals surface area contributed by atoms with Gasteiger partial charge in [0.1, 0.15) is 5.82 Å². The first kappa shape index (κ1) is 17.0. The number of benzene rings is 2. The molecule has 2 aromatic carbocycles. The number of amides is 2. The zero-order valence-electron chi connectivity index (χ0n) is 13.3. The van der Waals surface area contributed by atoms with Gasteiger partial charge in [-0.05, 0) is 29.8 Å². The number of hydrogen-bond donors (Lipinski definition) is 3. The third kappa shape index (κ3) is 3.81. The average Bonchev–Trinajstić information content (AvgIpc) is 2.66. The maximum atomic E-state index is 12.8. The summed E-state index contributed by atoms with van der Waals surface area (Å²) in [5.41, 5.74) is 4.62. The SMILES string of the molecule is O=C(/C=C/c1ccc(F)cc1)NNC(=O)c1n[nH]c(=O)c2ccccc12.